The summed E-state index contributed by atoms with van der Waals surface area (Å²) in [6, 6.07) is 17.3. The Bertz CT molecular complexity index is 1210. The van der Waals surface area contributed by atoms with Gasteiger partial charge in [0.1, 0.15) is 18.1 Å². The summed E-state index contributed by atoms with van der Waals surface area (Å²) in [5, 5.41) is 15.0. The number of aryl methyl sites for hydroxylation is 2. The molecule has 8 nitrogen and oxygen atoms in total. The van der Waals surface area contributed by atoms with Crippen molar-refractivity contribution in [3.8, 4) is 23.1 Å². The number of nitrogens with zero attached hydrogens (tertiary/aromatic N) is 3. The molecule has 170 valence electrons. The summed E-state index contributed by atoms with van der Waals surface area (Å²) in [5.41, 5.74) is 3.22. The summed E-state index contributed by atoms with van der Waals surface area (Å²) in [7, 11) is 1.71. The topological polar surface area (TPSA) is 102 Å². The molecule has 0 bridgehead atoms. The second kappa shape index (κ2) is 10.0. The Kier molecular flexibility index (Phi) is 6.73. The van der Waals surface area contributed by atoms with Gasteiger partial charge in [0.2, 0.25) is 11.8 Å². The van der Waals surface area contributed by atoms with E-state index in [0.29, 0.717) is 30.4 Å². The Morgan fingerprint density at radius 2 is 1.85 bits per heavy atom. The minimum absolute atomic E-state index is 0.242. The molecular weight excluding hydrogens is 422 g/mol. The fourth-order valence-corrected chi connectivity index (χ4v) is 3.38. The van der Waals surface area contributed by atoms with Crippen LogP contribution < -0.4 is 14.6 Å². The van der Waals surface area contributed by atoms with Crippen LogP contribution in [0.1, 0.15) is 22.6 Å². The van der Waals surface area contributed by atoms with Crippen LogP contribution in [0, 0.1) is 6.92 Å². The molecule has 0 saturated heterocycles. The second-order valence-electron chi connectivity index (χ2n) is 7.60. The first-order valence-electron chi connectivity index (χ1n) is 10.6. The minimum atomic E-state index is -1.17. The number of benzene rings is 2. The zero-order valence-electron chi connectivity index (χ0n) is 18.5. The highest BCUT2D eigenvalue weighted by atomic mass is 16.5. The van der Waals surface area contributed by atoms with Crippen molar-refractivity contribution in [2.75, 3.05) is 6.61 Å². The van der Waals surface area contributed by atoms with Gasteiger partial charge >= 0.3 is 0 Å². The molecule has 0 spiro atoms. The van der Waals surface area contributed by atoms with Gasteiger partial charge in [-0.1, -0.05) is 30.3 Å². The van der Waals surface area contributed by atoms with E-state index in [1.807, 2.05) is 61.5 Å². The Morgan fingerprint density at radius 3 is 2.58 bits per heavy atom. The van der Waals surface area contributed by atoms with Gasteiger partial charge in [-0.25, -0.2) is 4.98 Å². The molecule has 0 aliphatic heterocycles. The van der Waals surface area contributed by atoms with Crippen LogP contribution in [-0.4, -0.2) is 27.3 Å². The molecule has 0 fully saturated rings. The number of oxazole rings is 1. The molecule has 2 aromatic heterocycles. The van der Waals surface area contributed by atoms with Crippen LogP contribution >= 0.6 is 0 Å². The zero-order valence-corrected chi connectivity index (χ0v) is 18.5. The fourth-order valence-electron chi connectivity index (χ4n) is 3.38. The lowest BCUT2D eigenvalue weighted by Crippen LogP contribution is -2.24. The molecule has 8 heteroatoms. The molecular formula is C25H24N3O5-. The maximum absolute atomic E-state index is 10.9. The number of hydrogen-bond donors (Lipinski definition) is 0. The van der Waals surface area contributed by atoms with Gasteiger partial charge in [0.25, 0.3) is 0 Å². The van der Waals surface area contributed by atoms with Gasteiger partial charge in [-0.2, -0.15) is 0 Å². The number of carbonyl (C=O) groups excluding carboxylic acids is 1. The second-order valence-corrected chi connectivity index (χ2v) is 7.60. The molecule has 0 atom stereocenters. The van der Waals surface area contributed by atoms with E-state index in [2.05, 4.69) is 10.1 Å². The molecule has 33 heavy (non-hydrogen) atoms. The standard InChI is InChI=1S/C25H25N3O5/c1-17-22(26-24(33-17)19-6-4-3-5-7-19)12-13-31-21-10-8-18(9-11-21)16-32-25-20(14-23(29)30)15-28(2)27-25/h3-11,15H,12-14,16H2,1-2H3,(H,29,30)/p-1. The van der Waals surface area contributed by atoms with Crippen molar-refractivity contribution in [2.45, 2.75) is 26.4 Å². The number of aromatic nitrogens is 3. The number of hydrogen-bond acceptors (Lipinski definition) is 7. The molecule has 4 aromatic rings. The SMILES string of the molecule is Cc1oc(-c2ccccc2)nc1CCOc1ccc(COc2nn(C)cc2CC(=O)[O-])cc1. The van der Waals surface area contributed by atoms with Crippen molar-refractivity contribution >= 4 is 5.97 Å². The first-order chi connectivity index (χ1) is 16.0. The predicted molar refractivity (Wildman–Crippen MR) is 119 cm³/mol. The van der Waals surface area contributed by atoms with Gasteiger partial charge < -0.3 is 23.8 Å². The van der Waals surface area contributed by atoms with Gasteiger partial charge in [0, 0.05) is 43.2 Å². The third kappa shape index (κ3) is 5.79. The van der Waals surface area contributed by atoms with Crippen molar-refractivity contribution in [3.63, 3.8) is 0 Å². The van der Waals surface area contributed by atoms with Crippen LogP contribution in [0.5, 0.6) is 11.6 Å². The number of carboxylic acid groups (broad SMARTS) is 1. The first kappa shape index (κ1) is 22.1. The van der Waals surface area contributed by atoms with Gasteiger partial charge in [-0.3, -0.25) is 4.68 Å². The van der Waals surface area contributed by atoms with E-state index < -0.39 is 5.97 Å². The lowest BCUT2D eigenvalue weighted by atomic mass is 10.2. The van der Waals surface area contributed by atoms with Gasteiger partial charge in [0.05, 0.1) is 12.3 Å². The van der Waals surface area contributed by atoms with Crippen molar-refractivity contribution in [3.05, 3.63) is 83.4 Å². The van der Waals surface area contributed by atoms with Gasteiger partial charge in [-0.15, -0.1) is 5.10 Å². The average molecular weight is 446 g/mol. The van der Waals surface area contributed by atoms with Crippen LogP contribution in [-0.2, 0) is 31.3 Å². The molecule has 0 amide bonds. The van der Waals surface area contributed by atoms with Crippen LogP contribution in [0.25, 0.3) is 11.5 Å². The molecule has 0 aliphatic carbocycles. The van der Waals surface area contributed by atoms with Crippen LogP contribution in [0.2, 0.25) is 0 Å². The van der Waals surface area contributed by atoms with Crippen molar-refractivity contribution in [2.24, 2.45) is 7.05 Å². The highest BCUT2D eigenvalue weighted by Crippen LogP contribution is 2.22. The van der Waals surface area contributed by atoms with E-state index >= 15 is 0 Å². The average Bonchev–Trinajstić information content (AvgIpc) is 3.35. The van der Waals surface area contributed by atoms with Gasteiger partial charge in [-0.05, 0) is 36.8 Å². The predicted octanol–water partition coefficient (Wildman–Crippen LogP) is 2.88. The molecule has 4 rings (SSSR count). The quantitative estimate of drug-likeness (QED) is 0.369. The van der Waals surface area contributed by atoms with E-state index in [9.17, 15) is 9.90 Å². The van der Waals surface area contributed by atoms with Crippen LogP contribution in [0.15, 0.2) is 65.2 Å². The monoisotopic (exact) mass is 446 g/mol. The minimum Gasteiger partial charge on any atom is -0.550 e. The van der Waals surface area contributed by atoms with Crippen LogP contribution in [0.4, 0.5) is 0 Å². The van der Waals surface area contributed by atoms with Crippen molar-refractivity contribution < 1.29 is 23.8 Å². The molecule has 0 radical (unpaired) electrons. The van der Waals surface area contributed by atoms with E-state index in [1.54, 1.807) is 13.2 Å². The summed E-state index contributed by atoms with van der Waals surface area (Å²) >= 11 is 0. The largest absolute Gasteiger partial charge is 0.550 e. The molecule has 2 heterocycles. The summed E-state index contributed by atoms with van der Waals surface area (Å²) in [6.07, 6.45) is 2.00. The van der Waals surface area contributed by atoms with Crippen molar-refractivity contribution in [1.82, 2.24) is 14.8 Å². The number of rotatable bonds is 10. The zero-order chi connectivity index (χ0) is 23.2. The Labute approximate surface area is 191 Å². The Balaban J connectivity index is 1.28. The first-order valence-corrected chi connectivity index (χ1v) is 10.6. The van der Waals surface area contributed by atoms with E-state index in [-0.39, 0.29) is 13.0 Å². The Morgan fingerprint density at radius 1 is 1.09 bits per heavy atom. The summed E-state index contributed by atoms with van der Waals surface area (Å²) in [4.78, 5) is 15.5. The van der Waals surface area contributed by atoms with Gasteiger partial charge in [0.15, 0.2) is 0 Å². The normalized spacial score (nSPS) is 10.8. The van der Waals surface area contributed by atoms with Crippen LogP contribution in [0.3, 0.4) is 0 Å². The molecule has 2 aromatic carbocycles. The Hall–Kier alpha value is -4.07. The maximum atomic E-state index is 10.9. The number of ether oxygens (including phenoxy) is 2. The lowest BCUT2D eigenvalue weighted by Gasteiger charge is -2.08. The van der Waals surface area contributed by atoms with E-state index in [4.69, 9.17) is 13.9 Å². The van der Waals surface area contributed by atoms with Crippen molar-refractivity contribution in [1.29, 1.82) is 0 Å². The highest BCUT2D eigenvalue weighted by molar-refractivity contribution is 5.68. The fraction of sp³-hybridized carbons (Fsp3) is 0.240. The third-order valence-corrected chi connectivity index (χ3v) is 5.02. The molecule has 0 saturated carbocycles. The number of aliphatic carboxylic acids is 1. The lowest BCUT2D eigenvalue weighted by molar-refractivity contribution is -0.304. The summed E-state index contributed by atoms with van der Waals surface area (Å²) in [6.45, 7) is 2.64. The summed E-state index contributed by atoms with van der Waals surface area (Å²) in [5.74, 6) is 1.26. The van der Waals surface area contributed by atoms with E-state index in [0.717, 1.165) is 28.3 Å². The molecule has 0 N–H and O–H groups in total. The third-order valence-electron chi connectivity index (χ3n) is 5.02. The summed E-state index contributed by atoms with van der Waals surface area (Å²) < 4.78 is 18.9. The number of carboxylic acids is 1. The molecule has 0 unspecified atom stereocenters. The van der Waals surface area contributed by atoms with E-state index in [1.165, 1.54) is 4.68 Å². The smallest absolute Gasteiger partial charge is 0.236 e. The molecule has 0 aliphatic rings. The maximum Gasteiger partial charge on any atom is 0.236 e. The highest BCUT2D eigenvalue weighted by Gasteiger charge is 2.12. The number of carbonyl (C=O) groups is 1.